The van der Waals surface area contributed by atoms with Gasteiger partial charge in [-0.15, -0.1) is 0 Å². The quantitative estimate of drug-likeness (QED) is 0.477. The SMILES string of the molecule is N#Cc1cc(F)cc2c1C(c1ccc(-c3cnccc3F)c3c1CC(F)(F)C3O)CCC2F. The van der Waals surface area contributed by atoms with Crippen LogP contribution in [-0.2, 0) is 6.42 Å². The normalized spacial score (nSPS) is 23.0. The number of nitrogens with zero attached hydrogens (tertiary/aromatic N) is 2. The van der Waals surface area contributed by atoms with E-state index in [4.69, 9.17) is 0 Å². The molecule has 168 valence electrons. The zero-order chi connectivity index (χ0) is 23.5. The molecule has 3 unspecified atom stereocenters. The van der Waals surface area contributed by atoms with E-state index >= 15 is 0 Å². The smallest absolute Gasteiger partial charge is 0.281 e. The number of hydrogen-bond acceptors (Lipinski definition) is 3. The summed E-state index contributed by atoms with van der Waals surface area (Å²) in [4.78, 5) is 3.87. The molecule has 0 fully saturated rings. The van der Waals surface area contributed by atoms with E-state index in [1.54, 1.807) is 6.07 Å². The lowest BCUT2D eigenvalue weighted by atomic mass is 9.74. The van der Waals surface area contributed by atoms with Crippen LogP contribution in [0.5, 0.6) is 0 Å². The molecule has 2 aromatic carbocycles. The minimum absolute atomic E-state index is 0.0234. The topological polar surface area (TPSA) is 56.9 Å². The van der Waals surface area contributed by atoms with Crippen LogP contribution in [0.4, 0.5) is 22.0 Å². The van der Waals surface area contributed by atoms with Gasteiger partial charge < -0.3 is 5.11 Å². The van der Waals surface area contributed by atoms with Crippen molar-refractivity contribution < 1.29 is 27.1 Å². The average Bonchev–Trinajstić information content (AvgIpc) is 3.03. The number of aliphatic hydroxyl groups is 1. The highest BCUT2D eigenvalue weighted by molar-refractivity contribution is 5.72. The van der Waals surface area contributed by atoms with Gasteiger partial charge in [0, 0.05) is 30.3 Å². The standard InChI is InChI=1S/C25H17F5N2O/c26-13-7-12(10-31)22-15(3-4-20(27)17(22)8-13)14-1-2-16(19-11-32-6-5-21(19)28)23-18(14)9-25(29,30)24(23)33/h1-2,5-8,11,15,20,24,33H,3-4,9H2. The minimum Gasteiger partial charge on any atom is -0.382 e. The third-order valence-corrected chi connectivity index (χ3v) is 6.60. The molecular formula is C25H17F5N2O. The maximum absolute atomic E-state index is 14.7. The van der Waals surface area contributed by atoms with Crippen molar-refractivity contribution in [2.24, 2.45) is 0 Å². The molecule has 3 aromatic rings. The summed E-state index contributed by atoms with van der Waals surface area (Å²) in [6.07, 6.45) is -1.77. The number of hydrogen-bond donors (Lipinski definition) is 1. The summed E-state index contributed by atoms with van der Waals surface area (Å²) < 4.78 is 72.6. The van der Waals surface area contributed by atoms with Gasteiger partial charge >= 0.3 is 0 Å². The molecule has 33 heavy (non-hydrogen) atoms. The van der Waals surface area contributed by atoms with E-state index in [0.717, 1.165) is 18.2 Å². The molecule has 0 spiro atoms. The Morgan fingerprint density at radius 3 is 2.55 bits per heavy atom. The zero-order valence-electron chi connectivity index (χ0n) is 17.1. The number of pyridine rings is 1. The van der Waals surface area contributed by atoms with Crippen molar-refractivity contribution in [1.29, 1.82) is 5.26 Å². The number of nitriles is 1. The summed E-state index contributed by atoms with van der Waals surface area (Å²) in [5.74, 6) is -5.56. The number of fused-ring (bicyclic) bond motifs is 2. The molecule has 8 heteroatoms. The first-order valence-corrected chi connectivity index (χ1v) is 10.4. The fourth-order valence-corrected chi connectivity index (χ4v) is 5.18. The number of halogens is 5. The second-order valence-electron chi connectivity index (χ2n) is 8.46. The molecule has 3 nitrogen and oxygen atoms in total. The Morgan fingerprint density at radius 1 is 1.03 bits per heavy atom. The second kappa shape index (κ2) is 7.63. The molecule has 0 saturated carbocycles. The van der Waals surface area contributed by atoms with Gasteiger partial charge in [0.15, 0.2) is 0 Å². The van der Waals surface area contributed by atoms with Crippen molar-refractivity contribution in [3.8, 4) is 17.2 Å². The summed E-state index contributed by atoms with van der Waals surface area (Å²) in [7, 11) is 0. The Kier molecular flexibility index (Phi) is 4.98. The van der Waals surface area contributed by atoms with Gasteiger partial charge in [-0.1, -0.05) is 12.1 Å². The number of rotatable bonds is 2. The number of alkyl halides is 3. The number of aromatic nitrogens is 1. The molecule has 2 aliphatic rings. The predicted octanol–water partition coefficient (Wildman–Crippen LogP) is 6.06. The van der Waals surface area contributed by atoms with Crippen molar-refractivity contribution in [1.82, 2.24) is 4.98 Å². The predicted molar refractivity (Wildman–Crippen MR) is 109 cm³/mol. The maximum Gasteiger partial charge on any atom is 0.281 e. The van der Waals surface area contributed by atoms with Crippen molar-refractivity contribution >= 4 is 0 Å². The van der Waals surface area contributed by atoms with Crippen LogP contribution in [0.15, 0.2) is 42.7 Å². The van der Waals surface area contributed by atoms with Crippen LogP contribution in [0.1, 0.15) is 64.4 Å². The van der Waals surface area contributed by atoms with Gasteiger partial charge in [-0.25, -0.2) is 22.0 Å². The lowest BCUT2D eigenvalue weighted by Crippen LogP contribution is -2.22. The molecule has 0 saturated heterocycles. The van der Waals surface area contributed by atoms with Gasteiger partial charge in [0.1, 0.15) is 23.9 Å². The molecule has 1 N–H and O–H groups in total. The van der Waals surface area contributed by atoms with Gasteiger partial charge in [-0.05, 0) is 64.4 Å². The molecule has 0 amide bonds. The lowest BCUT2D eigenvalue weighted by molar-refractivity contribution is -0.0966. The van der Waals surface area contributed by atoms with Crippen molar-refractivity contribution in [2.75, 3.05) is 0 Å². The molecule has 0 radical (unpaired) electrons. The van der Waals surface area contributed by atoms with Crippen LogP contribution in [0.2, 0.25) is 0 Å². The summed E-state index contributed by atoms with van der Waals surface area (Å²) in [5.41, 5.74) is 0.745. The Balaban J connectivity index is 1.76. The average molecular weight is 456 g/mol. The van der Waals surface area contributed by atoms with Crippen LogP contribution < -0.4 is 0 Å². The lowest BCUT2D eigenvalue weighted by Gasteiger charge is -2.31. The highest BCUT2D eigenvalue weighted by Gasteiger charge is 2.50. The summed E-state index contributed by atoms with van der Waals surface area (Å²) in [6.45, 7) is 0. The van der Waals surface area contributed by atoms with E-state index in [2.05, 4.69) is 4.98 Å². The van der Waals surface area contributed by atoms with E-state index in [-0.39, 0.29) is 51.8 Å². The van der Waals surface area contributed by atoms with Gasteiger partial charge in [0.05, 0.1) is 11.6 Å². The van der Waals surface area contributed by atoms with Crippen LogP contribution in [0.25, 0.3) is 11.1 Å². The van der Waals surface area contributed by atoms with E-state index in [9.17, 15) is 32.3 Å². The highest BCUT2D eigenvalue weighted by atomic mass is 19.3. The molecule has 1 aromatic heterocycles. The van der Waals surface area contributed by atoms with E-state index < -0.39 is 42.2 Å². The van der Waals surface area contributed by atoms with Crippen LogP contribution in [0, 0.1) is 23.0 Å². The molecular weight excluding hydrogens is 439 g/mol. The minimum atomic E-state index is -3.49. The highest BCUT2D eigenvalue weighted by Crippen LogP contribution is 2.53. The van der Waals surface area contributed by atoms with Crippen LogP contribution in [0.3, 0.4) is 0 Å². The Bertz CT molecular complexity index is 1320. The Morgan fingerprint density at radius 2 is 1.82 bits per heavy atom. The van der Waals surface area contributed by atoms with Gasteiger partial charge in [-0.3, -0.25) is 4.98 Å². The number of benzene rings is 2. The monoisotopic (exact) mass is 456 g/mol. The largest absolute Gasteiger partial charge is 0.382 e. The second-order valence-corrected chi connectivity index (χ2v) is 8.46. The number of aliphatic hydroxyl groups excluding tert-OH is 1. The Hall–Kier alpha value is -3.31. The molecule has 3 atom stereocenters. The van der Waals surface area contributed by atoms with Gasteiger partial charge in [0.25, 0.3) is 5.92 Å². The molecule has 5 rings (SSSR count). The van der Waals surface area contributed by atoms with Crippen molar-refractivity contribution in [2.45, 2.75) is 43.4 Å². The Labute approximate surface area is 186 Å². The first-order chi connectivity index (χ1) is 15.7. The van der Waals surface area contributed by atoms with Crippen LogP contribution >= 0.6 is 0 Å². The zero-order valence-corrected chi connectivity index (χ0v) is 17.1. The first-order valence-electron chi connectivity index (χ1n) is 10.4. The summed E-state index contributed by atoms with van der Waals surface area (Å²) in [5, 5.41) is 20.0. The fraction of sp³-hybridized carbons (Fsp3) is 0.280. The third-order valence-electron chi connectivity index (χ3n) is 6.60. The summed E-state index contributed by atoms with van der Waals surface area (Å²) in [6, 6.07) is 8.02. The molecule has 0 bridgehead atoms. The van der Waals surface area contributed by atoms with E-state index in [1.807, 2.05) is 6.07 Å². The van der Waals surface area contributed by atoms with E-state index in [1.165, 1.54) is 18.5 Å². The van der Waals surface area contributed by atoms with Gasteiger partial charge in [0.2, 0.25) is 0 Å². The summed E-state index contributed by atoms with van der Waals surface area (Å²) >= 11 is 0. The van der Waals surface area contributed by atoms with Crippen LogP contribution in [-0.4, -0.2) is 16.0 Å². The van der Waals surface area contributed by atoms with E-state index in [0.29, 0.717) is 5.56 Å². The molecule has 2 aliphatic carbocycles. The maximum atomic E-state index is 14.7. The molecule has 0 aliphatic heterocycles. The molecule has 1 heterocycles. The van der Waals surface area contributed by atoms with Crippen molar-refractivity contribution in [3.05, 3.63) is 87.7 Å². The van der Waals surface area contributed by atoms with Gasteiger partial charge in [-0.2, -0.15) is 5.26 Å². The van der Waals surface area contributed by atoms with Crippen molar-refractivity contribution in [3.63, 3.8) is 0 Å². The fourth-order valence-electron chi connectivity index (χ4n) is 5.18. The third kappa shape index (κ3) is 3.30. The first kappa shape index (κ1) is 21.5.